The van der Waals surface area contributed by atoms with Crippen LogP contribution in [-0.4, -0.2) is 19.8 Å². The molecular weight excluding hydrogens is 363 g/mol. The molecule has 0 saturated carbocycles. The standard InChI is InChI=1S/C21H43O5P/c1-2-3-4-5-6-7-8-9-10-11-12-13-14-16-19-23-26-27(22)24-20-17-15-18-21-25-27/h2-21H2,1H3. The molecule has 27 heavy (non-hydrogen) atoms. The predicted molar refractivity (Wildman–Crippen MR) is 111 cm³/mol. The fraction of sp³-hybridized carbons (Fsp3) is 1.00. The highest BCUT2D eigenvalue weighted by molar-refractivity contribution is 7.48. The first-order valence-corrected chi connectivity index (χ1v) is 12.9. The number of hydrogen-bond donors (Lipinski definition) is 0. The van der Waals surface area contributed by atoms with Gasteiger partial charge in [0.1, 0.15) is 0 Å². The first-order chi connectivity index (χ1) is 13.3. The SMILES string of the molecule is CCCCCCCCCCCCCCCCOOP1(=O)OCCCCCO1. The maximum Gasteiger partial charge on any atom is 0.502 e. The zero-order chi connectivity index (χ0) is 19.5. The van der Waals surface area contributed by atoms with Crippen molar-refractivity contribution in [1.29, 1.82) is 0 Å². The van der Waals surface area contributed by atoms with E-state index in [-0.39, 0.29) is 0 Å². The Labute approximate surface area is 167 Å². The van der Waals surface area contributed by atoms with E-state index in [0.717, 1.165) is 32.1 Å². The van der Waals surface area contributed by atoms with E-state index in [4.69, 9.17) is 18.6 Å². The smallest absolute Gasteiger partial charge is 0.285 e. The summed E-state index contributed by atoms with van der Waals surface area (Å²) in [5.41, 5.74) is 0. The van der Waals surface area contributed by atoms with E-state index in [1.165, 1.54) is 77.0 Å². The summed E-state index contributed by atoms with van der Waals surface area (Å²) in [4.78, 5) is 5.07. The molecule has 0 atom stereocenters. The van der Waals surface area contributed by atoms with Crippen molar-refractivity contribution < 1.29 is 23.2 Å². The Kier molecular flexibility index (Phi) is 16.9. The van der Waals surface area contributed by atoms with Crippen LogP contribution in [0.5, 0.6) is 0 Å². The largest absolute Gasteiger partial charge is 0.502 e. The Balaban J connectivity index is 1.79. The summed E-state index contributed by atoms with van der Waals surface area (Å²) >= 11 is 0. The van der Waals surface area contributed by atoms with Crippen LogP contribution in [0.1, 0.15) is 116 Å². The van der Waals surface area contributed by atoms with Gasteiger partial charge in [-0.05, 0) is 25.7 Å². The van der Waals surface area contributed by atoms with E-state index < -0.39 is 7.82 Å². The Bertz CT molecular complexity index is 352. The normalized spacial score (nSPS) is 17.5. The van der Waals surface area contributed by atoms with Gasteiger partial charge in [0.25, 0.3) is 0 Å². The molecule has 0 aromatic rings. The van der Waals surface area contributed by atoms with Gasteiger partial charge >= 0.3 is 7.82 Å². The second kappa shape index (κ2) is 18.1. The van der Waals surface area contributed by atoms with Crippen molar-refractivity contribution in [3.63, 3.8) is 0 Å². The van der Waals surface area contributed by atoms with Crippen molar-refractivity contribution in [2.24, 2.45) is 0 Å². The van der Waals surface area contributed by atoms with Crippen LogP contribution in [0, 0.1) is 0 Å². The van der Waals surface area contributed by atoms with Gasteiger partial charge < -0.3 is 0 Å². The van der Waals surface area contributed by atoms with Gasteiger partial charge in [-0.1, -0.05) is 90.4 Å². The van der Waals surface area contributed by atoms with Gasteiger partial charge in [0.2, 0.25) is 0 Å². The molecule has 1 heterocycles. The minimum absolute atomic E-state index is 0.402. The number of phosphoric acid groups is 1. The average molecular weight is 407 g/mol. The summed E-state index contributed by atoms with van der Waals surface area (Å²) in [6.07, 6.45) is 21.3. The van der Waals surface area contributed by atoms with Crippen molar-refractivity contribution in [1.82, 2.24) is 0 Å². The highest BCUT2D eigenvalue weighted by Crippen LogP contribution is 2.50. The monoisotopic (exact) mass is 406 g/mol. The van der Waals surface area contributed by atoms with Crippen molar-refractivity contribution in [3.8, 4) is 0 Å². The van der Waals surface area contributed by atoms with E-state index in [2.05, 4.69) is 6.92 Å². The molecule has 0 unspecified atom stereocenters. The second-order valence-electron chi connectivity index (χ2n) is 7.67. The fourth-order valence-electron chi connectivity index (χ4n) is 3.27. The fourth-order valence-corrected chi connectivity index (χ4v) is 4.34. The van der Waals surface area contributed by atoms with Gasteiger partial charge in [0.15, 0.2) is 0 Å². The average Bonchev–Trinajstić information content (AvgIpc) is 2.65. The third-order valence-electron chi connectivity index (χ3n) is 5.01. The molecule has 0 spiro atoms. The zero-order valence-corrected chi connectivity index (χ0v) is 18.5. The van der Waals surface area contributed by atoms with E-state index >= 15 is 0 Å². The number of hydrogen-bond acceptors (Lipinski definition) is 5. The van der Waals surface area contributed by atoms with Gasteiger partial charge in [0, 0.05) is 0 Å². The minimum Gasteiger partial charge on any atom is -0.285 e. The van der Waals surface area contributed by atoms with E-state index in [0.29, 0.717) is 19.8 Å². The third kappa shape index (κ3) is 15.6. The lowest BCUT2D eigenvalue weighted by atomic mass is 10.0. The summed E-state index contributed by atoms with van der Waals surface area (Å²) in [5, 5.41) is 0. The first kappa shape index (κ1) is 25.1. The summed E-state index contributed by atoms with van der Waals surface area (Å²) in [5.74, 6) is 0. The van der Waals surface area contributed by atoms with Gasteiger partial charge in [0.05, 0.1) is 19.8 Å². The molecule has 0 radical (unpaired) electrons. The molecule has 6 heteroatoms. The summed E-state index contributed by atoms with van der Waals surface area (Å²) in [7, 11) is -3.50. The molecule has 0 aliphatic carbocycles. The molecule has 0 N–H and O–H groups in total. The minimum atomic E-state index is -3.50. The molecule has 1 aliphatic heterocycles. The molecule has 0 amide bonds. The van der Waals surface area contributed by atoms with Gasteiger partial charge in [-0.3, -0.25) is 9.05 Å². The Hall–Kier alpha value is 0.0700. The highest BCUT2D eigenvalue weighted by atomic mass is 31.2. The molecular formula is C21H43O5P. The summed E-state index contributed by atoms with van der Waals surface area (Å²) in [6, 6.07) is 0. The topological polar surface area (TPSA) is 54.0 Å². The quantitative estimate of drug-likeness (QED) is 0.107. The van der Waals surface area contributed by atoms with E-state index in [9.17, 15) is 4.57 Å². The molecule has 1 aliphatic rings. The summed E-state index contributed by atoms with van der Waals surface area (Å²) in [6.45, 7) is 3.51. The van der Waals surface area contributed by atoms with Crippen molar-refractivity contribution in [3.05, 3.63) is 0 Å². The van der Waals surface area contributed by atoms with Crippen LogP contribution >= 0.6 is 7.82 Å². The lowest BCUT2D eigenvalue weighted by Crippen LogP contribution is -2.07. The molecule has 0 aromatic carbocycles. The van der Waals surface area contributed by atoms with Crippen LogP contribution in [0.3, 0.4) is 0 Å². The van der Waals surface area contributed by atoms with Crippen molar-refractivity contribution >= 4 is 7.82 Å². The lowest BCUT2D eigenvalue weighted by Gasteiger charge is -2.18. The van der Waals surface area contributed by atoms with Gasteiger partial charge in [-0.2, -0.15) is 0 Å². The van der Waals surface area contributed by atoms with Crippen molar-refractivity contribution in [2.45, 2.75) is 116 Å². The molecule has 0 bridgehead atoms. The van der Waals surface area contributed by atoms with Crippen LogP contribution in [-0.2, 0) is 23.2 Å². The molecule has 0 aromatic heterocycles. The Morgan fingerprint density at radius 3 is 1.59 bits per heavy atom. The van der Waals surface area contributed by atoms with Crippen molar-refractivity contribution in [2.75, 3.05) is 19.8 Å². The second-order valence-corrected chi connectivity index (χ2v) is 9.23. The summed E-state index contributed by atoms with van der Waals surface area (Å²) < 4.78 is 27.5. The predicted octanol–water partition coefficient (Wildman–Crippen LogP) is 7.74. The zero-order valence-electron chi connectivity index (χ0n) is 17.6. The number of unbranched alkanes of at least 4 members (excludes halogenated alkanes) is 13. The van der Waals surface area contributed by atoms with Crippen LogP contribution in [0.15, 0.2) is 0 Å². The molecule has 1 rings (SSSR count). The number of rotatable bonds is 17. The van der Waals surface area contributed by atoms with E-state index in [1.54, 1.807) is 0 Å². The van der Waals surface area contributed by atoms with Crippen LogP contribution < -0.4 is 0 Å². The number of phosphoric ester groups is 1. The Morgan fingerprint density at radius 1 is 0.667 bits per heavy atom. The molecule has 5 nitrogen and oxygen atoms in total. The molecule has 162 valence electrons. The van der Waals surface area contributed by atoms with Crippen LogP contribution in [0.2, 0.25) is 0 Å². The molecule has 1 fully saturated rings. The molecule has 1 saturated heterocycles. The third-order valence-corrected chi connectivity index (χ3v) is 6.30. The lowest BCUT2D eigenvalue weighted by molar-refractivity contribution is -0.228. The van der Waals surface area contributed by atoms with Gasteiger partial charge in [-0.15, -0.1) is 4.67 Å². The highest BCUT2D eigenvalue weighted by Gasteiger charge is 2.29. The first-order valence-electron chi connectivity index (χ1n) is 11.5. The maximum absolute atomic E-state index is 12.2. The van der Waals surface area contributed by atoms with Gasteiger partial charge in [-0.25, -0.2) is 9.45 Å². The Morgan fingerprint density at radius 2 is 1.11 bits per heavy atom. The van der Waals surface area contributed by atoms with E-state index in [1.807, 2.05) is 0 Å². The maximum atomic E-state index is 12.2. The van der Waals surface area contributed by atoms with Crippen LogP contribution in [0.25, 0.3) is 0 Å². The van der Waals surface area contributed by atoms with Crippen LogP contribution in [0.4, 0.5) is 0 Å².